The molecule has 4 N–H and O–H groups in total. The Morgan fingerprint density at radius 2 is 2.04 bits per heavy atom. The molecule has 0 spiro atoms. The average molecular weight is 388 g/mol. The second-order valence-corrected chi connectivity index (χ2v) is 8.10. The summed E-state index contributed by atoms with van der Waals surface area (Å²) in [5.41, 5.74) is 8.04. The van der Waals surface area contributed by atoms with Crippen LogP contribution in [0, 0.1) is 5.92 Å². The molecule has 2 aromatic rings. The number of benzene rings is 1. The van der Waals surface area contributed by atoms with Crippen LogP contribution in [0.2, 0.25) is 0 Å². The van der Waals surface area contributed by atoms with Gasteiger partial charge in [0.2, 0.25) is 5.91 Å². The number of amides is 2. The first-order chi connectivity index (χ1) is 12.4. The summed E-state index contributed by atoms with van der Waals surface area (Å²) in [4.78, 5) is 25.3. The average Bonchev–Trinajstić information content (AvgIpc) is 2.92. The SMILES string of the molecule is C[C@@H]1CCc2c(sc(NC(=S)NC(=O)Cc3ccccc3)c2C(N)=O)C1. The highest BCUT2D eigenvalue weighted by atomic mass is 32.1. The Hall–Kier alpha value is -2.25. The fourth-order valence-corrected chi connectivity index (χ4v) is 4.89. The summed E-state index contributed by atoms with van der Waals surface area (Å²) < 4.78 is 0. The van der Waals surface area contributed by atoms with Crippen molar-refractivity contribution >= 4 is 45.5 Å². The topological polar surface area (TPSA) is 84.2 Å². The van der Waals surface area contributed by atoms with Crippen LogP contribution in [0.3, 0.4) is 0 Å². The van der Waals surface area contributed by atoms with Crippen molar-refractivity contribution in [1.29, 1.82) is 0 Å². The van der Waals surface area contributed by atoms with Gasteiger partial charge in [0.05, 0.1) is 12.0 Å². The van der Waals surface area contributed by atoms with Crippen LogP contribution in [0.4, 0.5) is 5.00 Å². The minimum atomic E-state index is -0.460. The maximum absolute atomic E-state index is 12.1. The predicted octanol–water partition coefficient (Wildman–Crippen LogP) is 3.03. The van der Waals surface area contributed by atoms with Crippen LogP contribution in [0.1, 0.15) is 39.7 Å². The smallest absolute Gasteiger partial charge is 0.251 e. The van der Waals surface area contributed by atoms with Crippen molar-refractivity contribution in [3.8, 4) is 0 Å². The molecule has 3 rings (SSSR count). The Morgan fingerprint density at radius 1 is 1.31 bits per heavy atom. The van der Waals surface area contributed by atoms with Crippen molar-refractivity contribution in [1.82, 2.24) is 5.32 Å². The molecule has 0 unspecified atom stereocenters. The van der Waals surface area contributed by atoms with E-state index in [0.717, 1.165) is 30.4 Å². The molecule has 1 atom stereocenters. The van der Waals surface area contributed by atoms with E-state index in [0.29, 0.717) is 16.5 Å². The molecular weight excluding hydrogens is 366 g/mol. The van der Waals surface area contributed by atoms with E-state index in [4.69, 9.17) is 18.0 Å². The number of anilines is 1. The van der Waals surface area contributed by atoms with E-state index in [1.807, 2.05) is 30.3 Å². The largest absolute Gasteiger partial charge is 0.365 e. The summed E-state index contributed by atoms with van der Waals surface area (Å²) in [7, 11) is 0. The van der Waals surface area contributed by atoms with E-state index >= 15 is 0 Å². The van der Waals surface area contributed by atoms with Crippen molar-refractivity contribution in [2.75, 3.05) is 5.32 Å². The van der Waals surface area contributed by atoms with Crippen molar-refractivity contribution in [2.45, 2.75) is 32.6 Å². The normalized spacial score (nSPS) is 15.8. The molecule has 0 saturated heterocycles. The second-order valence-electron chi connectivity index (χ2n) is 6.58. The number of hydrogen-bond donors (Lipinski definition) is 3. The predicted molar refractivity (Wildman–Crippen MR) is 109 cm³/mol. The lowest BCUT2D eigenvalue weighted by atomic mass is 9.88. The van der Waals surface area contributed by atoms with E-state index in [-0.39, 0.29) is 17.4 Å². The monoisotopic (exact) mass is 387 g/mol. The second kappa shape index (κ2) is 7.97. The molecule has 136 valence electrons. The molecule has 2 amide bonds. The van der Waals surface area contributed by atoms with Gasteiger partial charge in [-0.15, -0.1) is 11.3 Å². The maximum Gasteiger partial charge on any atom is 0.251 e. The number of thiocarbonyl (C=S) groups is 1. The molecule has 26 heavy (non-hydrogen) atoms. The van der Waals surface area contributed by atoms with Gasteiger partial charge < -0.3 is 16.4 Å². The Balaban J connectivity index is 1.69. The maximum atomic E-state index is 12.1. The Labute approximate surface area is 162 Å². The molecule has 0 aliphatic heterocycles. The van der Waals surface area contributed by atoms with E-state index in [1.54, 1.807) is 0 Å². The summed E-state index contributed by atoms with van der Waals surface area (Å²) in [5, 5.41) is 6.47. The zero-order chi connectivity index (χ0) is 18.7. The lowest BCUT2D eigenvalue weighted by Gasteiger charge is -2.18. The molecule has 1 aliphatic rings. The number of nitrogens with one attached hydrogen (secondary N) is 2. The lowest BCUT2D eigenvalue weighted by molar-refractivity contribution is -0.119. The van der Waals surface area contributed by atoms with Crippen LogP contribution in [0.15, 0.2) is 30.3 Å². The van der Waals surface area contributed by atoms with E-state index in [2.05, 4.69) is 17.6 Å². The summed E-state index contributed by atoms with van der Waals surface area (Å²) in [5.74, 6) is -0.0746. The first kappa shape index (κ1) is 18.5. The third-order valence-electron chi connectivity index (χ3n) is 4.45. The summed E-state index contributed by atoms with van der Waals surface area (Å²) >= 11 is 6.75. The quantitative estimate of drug-likeness (QED) is 0.704. The molecule has 1 aliphatic carbocycles. The van der Waals surface area contributed by atoms with Crippen molar-refractivity contribution in [3.63, 3.8) is 0 Å². The highest BCUT2D eigenvalue weighted by Gasteiger charge is 2.26. The molecule has 5 nitrogen and oxygen atoms in total. The summed E-state index contributed by atoms with van der Waals surface area (Å²) in [6, 6.07) is 9.44. The molecule has 0 fully saturated rings. The third-order valence-corrected chi connectivity index (χ3v) is 5.82. The van der Waals surface area contributed by atoms with Gasteiger partial charge in [0.1, 0.15) is 5.00 Å². The first-order valence-electron chi connectivity index (χ1n) is 8.53. The molecule has 1 aromatic carbocycles. The van der Waals surface area contributed by atoms with Gasteiger partial charge in [0, 0.05) is 4.88 Å². The molecular formula is C19H21N3O2S2. The van der Waals surface area contributed by atoms with Crippen LogP contribution in [0.25, 0.3) is 0 Å². The van der Waals surface area contributed by atoms with Gasteiger partial charge in [-0.25, -0.2) is 0 Å². The zero-order valence-corrected chi connectivity index (χ0v) is 16.1. The van der Waals surface area contributed by atoms with Gasteiger partial charge >= 0.3 is 0 Å². The number of fused-ring (bicyclic) bond motifs is 1. The van der Waals surface area contributed by atoms with Crippen molar-refractivity contribution in [2.24, 2.45) is 11.7 Å². The molecule has 1 heterocycles. The number of carbonyl (C=O) groups excluding carboxylic acids is 2. The Bertz CT molecular complexity index is 846. The van der Waals surface area contributed by atoms with Gasteiger partial charge in [-0.1, -0.05) is 37.3 Å². The van der Waals surface area contributed by atoms with Gasteiger partial charge in [-0.2, -0.15) is 0 Å². The number of rotatable bonds is 4. The highest BCUT2D eigenvalue weighted by molar-refractivity contribution is 7.80. The molecule has 1 aromatic heterocycles. The Morgan fingerprint density at radius 3 is 2.73 bits per heavy atom. The minimum Gasteiger partial charge on any atom is -0.365 e. The fraction of sp³-hybridized carbons (Fsp3) is 0.316. The van der Waals surface area contributed by atoms with Gasteiger partial charge in [-0.05, 0) is 48.5 Å². The van der Waals surface area contributed by atoms with E-state index < -0.39 is 5.91 Å². The number of carbonyl (C=O) groups is 2. The molecule has 0 saturated carbocycles. The number of hydrogen-bond acceptors (Lipinski definition) is 4. The standard InChI is InChI=1S/C19H21N3O2S2/c1-11-7-8-13-14(9-11)26-18(16(13)17(20)24)22-19(25)21-15(23)10-12-5-3-2-4-6-12/h2-6,11H,7-10H2,1H3,(H2,20,24)(H2,21,22,23,25)/t11-/m1/s1. The van der Waals surface area contributed by atoms with Gasteiger partial charge in [-0.3, -0.25) is 9.59 Å². The van der Waals surface area contributed by atoms with Crippen LogP contribution in [-0.4, -0.2) is 16.9 Å². The number of thiophene rings is 1. The minimum absolute atomic E-state index is 0.181. The summed E-state index contributed by atoms with van der Waals surface area (Å²) in [6.45, 7) is 2.20. The number of nitrogens with two attached hydrogens (primary N) is 1. The zero-order valence-electron chi connectivity index (χ0n) is 14.5. The van der Waals surface area contributed by atoms with Crippen molar-refractivity contribution in [3.05, 3.63) is 51.9 Å². The van der Waals surface area contributed by atoms with Crippen molar-refractivity contribution < 1.29 is 9.59 Å². The van der Waals surface area contributed by atoms with Crippen LogP contribution in [0.5, 0.6) is 0 Å². The molecule has 7 heteroatoms. The van der Waals surface area contributed by atoms with Crippen LogP contribution in [-0.2, 0) is 24.1 Å². The molecule has 0 radical (unpaired) electrons. The summed E-state index contributed by atoms with van der Waals surface area (Å²) in [6.07, 6.45) is 3.07. The fourth-order valence-electron chi connectivity index (χ4n) is 3.19. The Kier molecular flexibility index (Phi) is 5.68. The van der Waals surface area contributed by atoms with Gasteiger partial charge in [0.25, 0.3) is 5.91 Å². The first-order valence-corrected chi connectivity index (χ1v) is 9.75. The number of primary amides is 1. The third kappa shape index (κ3) is 4.28. The van der Waals surface area contributed by atoms with E-state index in [1.165, 1.54) is 16.2 Å². The van der Waals surface area contributed by atoms with Crippen LogP contribution >= 0.6 is 23.6 Å². The molecule has 0 bridgehead atoms. The van der Waals surface area contributed by atoms with Gasteiger partial charge in [0.15, 0.2) is 5.11 Å². The van der Waals surface area contributed by atoms with Crippen LogP contribution < -0.4 is 16.4 Å². The van der Waals surface area contributed by atoms with E-state index in [9.17, 15) is 9.59 Å². The highest BCUT2D eigenvalue weighted by Crippen LogP contribution is 2.39. The lowest BCUT2D eigenvalue weighted by Crippen LogP contribution is -2.35.